The first-order valence-corrected chi connectivity index (χ1v) is 9.87. The van der Waals surface area contributed by atoms with Crippen molar-refractivity contribution in [2.75, 3.05) is 11.9 Å². The zero-order chi connectivity index (χ0) is 17.6. The van der Waals surface area contributed by atoms with Crippen molar-refractivity contribution >= 4 is 37.5 Å². The molecule has 0 saturated carbocycles. The van der Waals surface area contributed by atoms with E-state index in [4.69, 9.17) is 0 Å². The number of nitrogens with one attached hydrogen (secondary N) is 2. The Morgan fingerprint density at radius 3 is 2.38 bits per heavy atom. The van der Waals surface area contributed by atoms with E-state index in [1.807, 2.05) is 13.0 Å². The van der Waals surface area contributed by atoms with Gasteiger partial charge in [0.05, 0.1) is 10.5 Å². The molecule has 5 nitrogen and oxygen atoms in total. The van der Waals surface area contributed by atoms with Gasteiger partial charge in [-0.2, -0.15) is 0 Å². The molecule has 0 heterocycles. The number of carbonyl (C=O) groups excluding carboxylic acids is 1. The molecule has 0 saturated heterocycles. The van der Waals surface area contributed by atoms with Crippen molar-refractivity contribution in [1.29, 1.82) is 0 Å². The highest BCUT2D eigenvalue weighted by atomic mass is 79.9. The maximum atomic E-state index is 12.2. The van der Waals surface area contributed by atoms with Gasteiger partial charge in [0.15, 0.2) is 0 Å². The maximum Gasteiger partial charge on any atom is 0.256 e. The van der Waals surface area contributed by atoms with E-state index in [9.17, 15) is 13.2 Å². The third-order valence-corrected chi connectivity index (χ3v) is 5.53. The lowest BCUT2D eigenvalue weighted by Crippen LogP contribution is -2.24. The van der Waals surface area contributed by atoms with Crippen molar-refractivity contribution in [3.8, 4) is 0 Å². The molecule has 0 bridgehead atoms. The number of unbranched alkanes of at least 4 members (excludes halogenated alkanes) is 1. The quantitative estimate of drug-likeness (QED) is 0.681. The van der Waals surface area contributed by atoms with Crippen LogP contribution in [0.25, 0.3) is 0 Å². The molecule has 2 aromatic carbocycles. The summed E-state index contributed by atoms with van der Waals surface area (Å²) in [6, 6.07) is 13.2. The number of benzene rings is 2. The van der Waals surface area contributed by atoms with Crippen molar-refractivity contribution in [1.82, 2.24) is 4.72 Å². The summed E-state index contributed by atoms with van der Waals surface area (Å²) >= 11 is 3.33. The van der Waals surface area contributed by atoms with E-state index < -0.39 is 10.0 Å². The van der Waals surface area contributed by atoms with Crippen LogP contribution in [0.4, 0.5) is 5.69 Å². The number of amides is 1. The highest BCUT2D eigenvalue weighted by Crippen LogP contribution is 2.19. The van der Waals surface area contributed by atoms with Crippen LogP contribution in [-0.2, 0) is 10.0 Å². The zero-order valence-corrected chi connectivity index (χ0v) is 15.7. The lowest BCUT2D eigenvalue weighted by atomic mass is 10.2. The van der Waals surface area contributed by atoms with Crippen LogP contribution in [0.5, 0.6) is 0 Å². The summed E-state index contributed by atoms with van der Waals surface area (Å²) in [6.45, 7) is 2.41. The van der Waals surface area contributed by atoms with Crippen LogP contribution >= 0.6 is 15.9 Å². The predicted octanol–water partition coefficient (Wildman–Crippen LogP) is 3.78. The first-order valence-electron chi connectivity index (χ1n) is 7.59. The Morgan fingerprint density at radius 2 is 1.75 bits per heavy atom. The van der Waals surface area contributed by atoms with Crippen LogP contribution in [0.15, 0.2) is 57.9 Å². The first-order chi connectivity index (χ1) is 11.4. The Morgan fingerprint density at radius 1 is 1.08 bits per heavy atom. The van der Waals surface area contributed by atoms with Gasteiger partial charge in [0, 0.05) is 16.7 Å². The van der Waals surface area contributed by atoms with Crippen LogP contribution in [0, 0.1) is 0 Å². The van der Waals surface area contributed by atoms with Crippen LogP contribution in [0.2, 0.25) is 0 Å². The summed E-state index contributed by atoms with van der Waals surface area (Å²) in [5, 5.41) is 2.75. The monoisotopic (exact) mass is 410 g/mol. The van der Waals surface area contributed by atoms with Gasteiger partial charge in [-0.1, -0.05) is 25.5 Å². The van der Waals surface area contributed by atoms with Gasteiger partial charge < -0.3 is 5.32 Å². The number of rotatable bonds is 7. The number of hydrogen-bond donors (Lipinski definition) is 2. The van der Waals surface area contributed by atoms with Gasteiger partial charge >= 0.3 is 0 Å². The van der Waals surface area contributed by atoms with E-state index >= 15 is 0 Å². The molecule has 0 aromatic heterocycles. The molecule has 2 N–H and O–H groups in total. The summed E-state index contributed by atoms with van der Waals surface area (Å²) in [4.78, 5) is 12.4. The Bertz CT molecular complexity index is 805. The number of hydrogen-bond acceptors (Lipinski definition) is 3. The Labute approximate surface area is 150 Å². The van der Waals surface area contributed by atoms with Gasteiger partial charge in [0.1, 0.15) is 0 Å². The third-order valence-electron chi connectivity index (χ3n) is 3.36. The molecule has 0 fully saturated rings. The Hall–Kier alpha value is -1.70. The normalized spacial score (nSPS) is 11.2. The summed E-state index contributed by atoms with van der Waals surface area (Å²) in [7, 11) is -3.51. The van der Waals surface area contributed by atoms with E-state index in [1.54, 1.807) is 30.3 Å². The highest BCUT2D eigenvalue weighted by molar-refractivity contribution is 9.10. The molecule has 2 aromatic rings. The minimum absolute atomic E-state index is 0.178. The number of halogens is 1. The second-order valence-electron chi connectivity index (χ2n) is 5.21. The Balaban J connectivity index is 2.07. The lowest BCUT2D eigenvalue weighted by molar-refractivity contribution is 0.102. The Kier molecular flexibility index (Phi) is 6.53. The van der Waals surface area contributed by atoms with Crippen molar-refractivity contribution in [2.45, 2.75) is 24.7 Å². The molecule has 0 radical (unpaired) electrons. The van der Waals surface area contributed by atoms with Crippen molar-refractivity contribution in [3.05, 3.63) is 58.6 Å². The minimum atomic E-state index is -3.51. The molecular weight excluding hydrogens is 392 g/mol. The molecule has 0 aliphatic carbocycles. The summed E-state index contributed by atoms with van der Waals surface area (Å²) < 4.78 is 27.4. The molecule has 0 unspecified atom stereocenters. The van der Waals surface area contributed by atoms with Crippen molar-refractivity contribution < 1.29 is 13.2 Å². The van der Waals surface area contributed by atoms with E-state index in [-0.39, 0.29) is 10.8 Å². The van der Waals surface area contributed by atoms with E-state index in [1.165, 1.54) is 12.1 Å². The molecule has 24 heavy (non-hydrogen) atoms. The molecule has 0 spiro atoms. The van der Waals surface area contributed by atoms with Crippen molar-refractivity contribution in [2.24, 2.45) is 0 Å². The van der Waals surface area contributed by atoms with Crippen molar-refractivity contribution in [3.63, 3.8) is 0 Å². The predicted molar refractivity (Wildman–Crippen MR) is 98.6 cm³/mol. The van der Waals surface area contributed by atoms with Gasteiger partial charge in [0.25, 0.3) is 5.91 Å². The fourth-order valence-electron chi connectivity index (χ4n) is 2.03. The van der Waals surface area contributed by atoms with E-state index in [0.717, 1.165) is 12.8 Å². The van der Waals surface area contributed by atoms with Crippen LogP contribution in [0.1, 0.15) is 30.1 Å². The average molecular weight is 411 g/mol. The second kappa shape index (κ2) is 8.41. The summed E-state index contributed by atoms with van der Waals surface area (Å²) in [5.74, 6) is -0.265. The average Bonchev–Trinajstić information content (AvgIpc) is 2.56. The molecule has 128 valence electrons. The van der Waals surface area contributed by atoms with E-state index in [0.29, 0.717) is 22.3 Å². The SMILES string of the molecule is CCCCNS(=O)(=O)c1ccc(NC(=O)c2ccccc2Br)cc1. The topological polar surface area (TPSA) is 75.3 Å². The molecular formula is C17H19BrN2O3S. The van der Waals surface area contributed by atoms with Gasteiger partial charge in [-0.25, -0.2) is 13.1 Å². The highest BCUT2D eigenvalue weighted by Gasteiger charge is 2.14. The second-order valence-corrected chi connectivity index (χ2v) is 7.83. The zero-order valence-electron chi connectivity index (χ0n) is 13.3. The van der Waals surface area contributed by atoms with Gasteiger partial charge in [-0.15, -0.1) is 0 Å². The summed E-state index contributed by atoms with van der Waals surface area (Å²) in [6.07, 6.45) is 1.71. The standard InChI is InChI=1S/C17H19BrN2O3S/c1-2-3-12-19-24(22,23)14-10-8-13(9-11-14)20-17(21)15-6-4-5-7-16(15)18/h4-11,19H,2-3,12H2,1H3,(H,20,21). The minimum Gasteiger partial charge on any atom is -0.322 e. The number of sulfonamides is 1. The molecule has 0 aliphatic rings. The van der Waals surface area contributed by atoms with Gasteiger partial charge in [-0.3, -0.25) is 4.79 Å². The largest absolute Gasteiger partial charge is 0.322 e. The van der Waals surface area contributed by atoms with Crippen LogP contribution < -0.4 is 10.0 Å². The maximum absolute atomic E-state index is 12.2. The third kappa shape index (κ3) is 4.90. The first kappa shape index (κ1) is 18.6. The molecule has 0 atom stereocenters. The molecule has 7 heteroatoms. The number of anilines is 1. The fourth-order valence-corrected chi connectivity index (χ4v) is 3.57. The lowest BCUT2D eigenvalue weighted by Gasteiger charge is -2.09. The van der Waals surface area contributed by atoms with Crippen LogP contribution in [0.3, 0.4) is 0 Å². The van der Waals surface area contributed by atoms with E-state index in [2.05, 4.69) is 26.0 Å². The molecule has 2 rings (SSSR count). The molecule has 1 amide bonds. The number of carbonyl (C=O) groups is 1. The van der Waals surface area contributed by atoms with Crippen LogP contribution in [-0.4, -0.2) is 20.9 Å². The summed E-state index contributed by atoms with van der Waals surface area (Å²) in [5.41, 5.74) is 1.04. The van der Waals surface area contributed by atoms with Gasteiger partial charge in [-0.05, 0) is 58.7 Å². The smallest absolute Gasteiger partial charge is 0.256 e. The van der Waals surface area contributed by atoms with Gasteiger partial charge in [0.2, 0.25) is 10.0 Å². The fraction of sp³-hybridized carbons (Fsp3) is 0.235. The molecule has 0 aliphatic heterocycles.